The largest absolute Gasteiger partial charge is 0.496 e. The van der Waals surface area contributed by atoms with E-state index in [1.807, 2.05) is 48.5 Å². The quantitative estimate of drug-likeness (QED) is 0.265. The molecule has 1 heterocycles. The first-order chi connectivity index (χ1) is 17.8. The molecule has 4 rings (SSSR count). The van der Waals surface area contributed by atoms with Crippen molar-refractivity contribution in [1.82, 2.24) is 4.98 Å². The molecule has 5 nitrogen and oxygen atoms in total. The fraction of sp³-hybridized carbons (Fsp3) is 0.107. The molecule has 0 atom stereocenters. The summed E-state index contributed by atoms with van der Waals surface area (Å²) in [5.74, 6) is -0.122. The van der Waals surface area contributed by atoms with Gasteiger partial charge in [-0.15, -0.1) is 0 Å². The second kappa shape index (κ2) is 11.2. The first-order valence-corrected chi connectivity index (χ1v) is 12.0. The number of hydrogen-bond acceptors (Lipinski definition) is 5. The van der Waals surface area contributed by atoms with E-state index in [4.69, 9.17) is 4.74 Å². The predicted molar refractivity (Wildman–Crippen MR) is 137 cm³/mol. The molecule has 0 saturated heterocycles. The molecular formula is C28H20F3N3O2S. The van der Waals surface area contributed by atoms with Crippen molar-refractivity contribution in [3.63, 3.8) is 0 Å². The van der Waals surface area contributed by atoms with E-state index >= 15 is 0 Å². The van der Waals surface area contributed by atoms with Crippen molar-refractivity contribution in [2.45, 2.75) is 11.2 Å². The van der Waals surface area contributed by atoms with Gasteiger partial charge < -0.3 is 10.1 Å². The third kappa shape index (κ3) is 6.11. The van der Waals surface area contributed by atoms with E-state index in [1.54, 1.807) is 12.1 Å². The third-order valence-corrected chi connectivity index (χ3v) is 6.35. The van der Waals surface area contributed by atoms with Gasteiger partial charge in [0.05, 0.1) is 29.7 Å². The zero-order chi connectivity index (χ0) is 26.4. The predicted octanol–water partition coefficient (Wildman–Crippen LogP) is 7.05. The van der Waals surface area contributed by atoms with Crippen LogP contribution in [0, 0.1) is 11.3 Å². The Kier molecular flexibility index (Phi) is 7.80. The Morgan fingerprint density at radius 3 is 2.43 bits per heavy atom. The summed E-state index contributed by atoms with van der Waals surface area (Å²) in [6, 6.07) is 25.1. The molecular weight excluding hydrogens is 499 g/mol. The highest BCUT2D eigenvalue weighted by Gasteiger charge is 2.30. The Bertz CT molecular complexity index is 1470. The average Bonchev–Trinajstić information content (AvgIpc) is 2.91. The average molecular weight is 520 g/mol. The van der Waals surface area contributed by atoms with Crippen molar-refractivity contribution in [2.24, 2.45) is 0 Å². The van der Waals surface area contributed by atoms with E-state index in [9.17, 15) is 23.2 Å². The maximum Gasteiger partial charge on any atom is 0.416 e. The number of ether oxygens (including phenoxy) is 1. The maximum atomic E-state index is 13.0. The number of methoxy groups -OCH3 is 1. The SMILES string of the molecule is COc1ccccc1-c1cc(-c2ccccc2)nc(SCC(=O)Nc2cccc(C(F)(F)F)c2)c1C#N. The number of aromatic nitrogens is 1. The number of anilines is 1. The molecule has 0 aliphatic carbocycles. The number of nitrogens with one attached hydrogen (secondary N) is 1. The van der Waals surface area contributed by atoms with Gasteiger partial charge in [-0.2, -0.15) is 18.4 Å². The second-order valence-corrected chi connectivity index (χ2v) is 8.79. The lowest BCUT2D eigenvalue weighted by atomic mass is 9.98. The van der Waals surface area contributed by atoms with Gasteiger partial charge in [-0.3, -0.25) is 4.79 Å². The number of nitrogens with zero attached hydrogens (tertiary/aromatic N) is 2. The summed E-state index contributed by atoms with van der Waals surface area (Å²) in [6.45, 7) is 0. The molecule has 0 saturated carbocycles. The second-order valence-electron chi connectivity index (χ2n) is 7.83. The van der Waals surface area contributed by atoms with Gasteiger partial charge in [0.15, 0.2) is 0 Å². The monoisotopic (exact) mass is 519 g/mol. The molecule has 186 valence electrons. The highest BCUT2D eigenvalue weighted by atomic mass is 32.2. The number of carbonyl (C=O) groups excluding carboxylic acids is 1. The lowest BCUT2D eigenvalue weighted by Crippen LogP contribution is -2.15. The highest BCUT2D eigenvalue weighted by Crippen LogP contribution is 2.38. The maximum absolute atomic E-state index is 13.0. The minimum absolute atomic E-state index is 0.0293. The number of para-hydroxylation sites is 1. The van der Waals surface area contributed by atoms with Crippen LogP contribution >= 0.6 is 11.8 Å². The summed E-state index contributed by atoms with van der Waals surface area (Å²) in [6.07, 6.45) is -4.52. The number of amides is 1. The van der Waals surface area contributed by atoms with E-state index < -0.39 is 17.6 Å². The number of rotatable bonds is 7. The molecule has 0 fully saturated rings. The number of halogens is 3. The lowest BCUT2D eigenvalue weighted by Gasteiger charge is -2.15. The minimum atomic E-state index is -4.52. The van der Waals surface area contributed by atoms with Crippen LogP contribution in [0.4, 0.5) is 18.9 Å². The molecule has 0 aliphatic heterocycles. The molecule has 9 heteroatoms. The van der Waals surface area contributed by atoms with Crippen LogP contribution in [0.5, 0.6) is 5.75 Å². The molecule has 3 aromatic carbocycles. The highest BCUT2D eigenvalue weighted by molar-refractivity contribution is 8.00. The van der Waals surface area contributed by atoms with E-state index in [0.29, 0.717) is 27.6 Å². The van der Waals surface area contributed by atoms with Crippen molar-refractivity contribution >= 4 is 23.4 Å². The summed E-state index contributed by atoms with van der Waals surface area (Å²) in [4.78, 5) is 17.3. The first kappa shape index (κ1) is 25.8. The minimum Gasteiger partial charge on any atom is -0.496 e. The molecule has 1 amide bonds. The standard InChI is InChI=1S/C28H20F3N3O2S/c1-36-25-13-6-5-12-21(25)22-15-24(18-8-3-2-4-9-18)34-27(23(22)16-32)37-17-26(35)33-20-11-7-10-19(14-20)28(29,30)31/h2-15H,17H2,1H3,(H,33,35). The molecule has 1 aromatic heterocycles. The first-order valence-electron chi connectivity index (χ1n) is 11.0. The Balaban J connectivity index is 1.67. The Labute approximate surface area is 215 Å². The Hall–Kier alpha value is -4.29. The molecule has 0 radical (unpaired) electrons. The third-order valence-electron chi connectivity index (χ3n) is 5.38. The van der Waals surface area contributed by atoms with Crippen molar-refractivity contribution in [1.29, 1.82) is 5.26 Å². The number of pyridine rings is 1. The van der Waals surface area contributed by atoms with Crippen LogP contribution < -0.4 is 10.1 Å². The van der Waals surface area contributed by atoms with E-state index in [1.165, 1.54) is 19.2 Å². The van der Waals surface area contributed by atoms with Crippen LogP contribution in [0.1, 0.15) is 11.1 Å². The van der Waals surface area contributed by atoms with Gasteiger partial charge in [0, 0.05) is 22.4 Å². The molecule has 0 unspecified atom stereocenters. The van der Waals surface area contributed by atoms with Gasteiger partial charge in [0.1, 0.15) is 16.8 Å². The number of benzene rings is 3. The van der Waals surface area contributed by atoms with Crippen molar-refractivity contribution < 1.29 is 22.7 Å². The zero-order valence-corrected chi connectivity index (χ0v) is 20.4. The Morgan fingerprint density at radius 2 is 1.73 bits per heavy atom. The van der Waals surface area contributed by atoms with Crippen LogP contribution in [-0.4, -0.2) is 23.8 Å². The summed E-state index contributed by atoms with van der Waals surface area (Å²) in [7, 11) is 1.54. The van der Waals surface area contributed by atoms with Crippen molar-refractivity contribution in [3.05, 3.63) is 96.1 Å². The number of thioether (sulfide) groups is 1. The number of carbonyl (C=O) groups is 1. The summed E-state index contributed by atoms with van der Waals surface area (Å²) >= 11 is 1.03. The summed E-state index contributed by atoms with van der Waals surface area (Å²) in [5, 5.41) is 12.8. The number of nitriles is 1. The normalized spacial score (nSPS) is 11.0. The number of hydrogen-bond donors (Lipinski definition) is 1. The van der Waals surface area contributed by atoms with Crippen LogP contribution in [0.3, 0.4) is 0 Å². The van der Waals surface area contributed by atoms with Gasteiger partial charge in [-0.25, -0.2) is 4.98 Å². The van der Waals surface area contributed by atoms with Crippen molar-refractivity contribution in [2.75, 3.05) is 18.2 Å². The van der Waals surface area contributed by atoms with Gasteiger partial charge in [-0.05, 0) is 30.3 Å². The smallest absolute Gasteiger partial charge is 0.416 e. The number of alkyl halides is 3. The van der Waals surface area contributed by atoms with E-state index in [2.05, 4.69) is 16.4 Å². The van der Waals surface area contributed by atoms with Crippen LogP contribution in [0.15, 0.2) is 90.0 Å². The van der Waals surface area contributed by atoms with Crippen molar-refractivity contribution in [3.8, 4) is 34.2 Å². The fourth-order valence-corrected chi connectivity index (χ4v) is 4.48. The van der Waals surface area contributed by atoms with Crippen LogP contribution in [0.2, 0.25) is 0 Å². The molecule has 4 aromatic rings. The molecule has 1 N–H and O–H groups in total. The zero-order valence-electron chi connectivity index (χ0n) is 19.5. The molecule has 37 heavy (non-hydrogen) atoms. The van der Waals surface area contributed by atoms with E-state index in [-0.39, 0.29) is 17.0 Å². The lowest BCUT2D eigenvalue weighted by molar-refractivity contribution is -0.137. The van der Waals surface area contributed by atoms with Gasteiger partial charge in [0.2, 0.25) is 5.91 Å². The molecule has 0 bridgehead atoms. The van der Waals surface area contributed by atoms with Gasteiger partial charge >= 0.3 is 6.18 Å². The molecule has 0 spiro atoms. The molecule has 0 aliphatic rings. The topological polar surface area (TPSA) is 75.0 Å². The summed E-state index contributed by atoms with van der Waals surface area (Å²) in [5.41, 5.74) is 2.14. The van der Waals surface area contributed by atoms with E-state index in [0.717, 1.165) is 29.5 Å². The van der Waals surface area contributed by atoms with Crippen LogP contribution in [0.25, 0.3) is 22.4 Å². The van der Waals surface area contributed by atoms with Crippen LogP contribution in [-0.2, 0) is 11.0 Å². The summed E-state index contributed by atoms with van der Waals surface area (Å²) < 4.78 is 44.5. The van der Waals surface area contributed by atoms with Gasteiger partial charge in [-0.1, -0.05) is 66.4 Å². The fourth-order valence-electron chi connectivity index (χ4n) is 3.67. The van der Waals surface area contributed by atoms with Gasteiger partial charge in [0.25, 0.3) is 0 Å². The Morgan fingerprint density at radius 1 is 1.00 bits per heavy atom.